The Morgan fingerprint density at radius 3 is 2.56 bits per heavy atom. The Hall–Kier alpha value is -4.17. The number of hydrogen-bond donors (Lipinski definition) is 1. The predicted octanol–water partition coefficient (Wildman–Crippen LogP) is 4.38. The SMILES string of the molecule is O=C(NCc1nc(-c2ccncc2)cs1)c1cn(-c2ccccc2)nc1-c1cccnc1. The molecule has 0 unspecified atom stereocenters. The smallest absolute Gasteiger partial charge is 0.255 e. The predicted molar refractivity (Wildman–Crippen MR) is 123 cm³/mol. The normalized spacial score (nSPS) is 10.8. The summed E-state index contributed by atoms with van der Waals surface area (Å²) in [5, 5.41) is 10.4. The molecule has 5 rings (SSSR count). The van der Waals surface area contributed by atoms with Gasteiger partial charge in [-0.2, -0.15) is 5.10 Å². The molecule has 0 radical (unpaired) electrons. The maximum Gasteiger partial charge on any atom is 0.255 e. The molecule has 1 amide bonds. The molecule has 156 valence electrons. The van der Waals surface area contributed by atoms with Crippen LogP contribution in [0.25, 0.3) is 28.2 Å². The summed E-state index contributed by atoms with van der Waals surface area (Å²) in [5.41, 5.74) is 4.58. The minimum absolute atomic E-state index is 0.216. The number of para-hydroxylation sites is 1. The lowest BCUT2D eigenvalue weighted by Gasteiger charge is -2.03. The molecule has 4 aromatic heterocycles. The van der Waals surface area contributed by atoms with Gasteiger partial charge in [-0.05, 0) is 36.4 Å². The second kappa shape index (κ2) is 8.91. The average Bonchev–Trinajstić information content (AvgIpc) is 3.52. The number of carbonyl (C=O) groups is 1. The van der Waals surface area contributed by atoms with Crippen LogP contribution in [0.1, 0.15) is 15.4 Å². The molecule has 0 atom stereocenters. The maximum absolute atomic E-state index is 13.1. The summed E-state index contributed by atoms with van der Waals surface area (Å²) in [4.78, 5) is 26.0. The zero-order chi connectivity index (χ0) is 21.8. The van der Waals surface area contributed by atoms with E-state index in [9.17, 15) is 4.79 Å². The van der Waals surface area contributed by atoms with E-state index < -0.39 is 0 Å². The van der Waals surface area contributed by atoms with Gasteiger partial charge in [0.25, 0.3) is 5.91 Å². The fourth-order valence-corrected chi connectivity index (χ4v) is 4.01. The first-order chi connectivity index (χ1) is 15.8. The molecule has 1 aromatic carbocycles. The summed E-state index contributed by atoms with van der Waals surface area (Å²) in [6.07, 6.45) is 8.62. The molecular formula is C24H18N6OS. The Morgan fingerprint density at radius 2 is 1.78 bits per heavy atom. The number of pyridine rings is 2. The zero-order valence-electron chi connectivity index (χ0n) is 16.9. The van der Waals surface area contributed by atoms with Crippen molar-refractivity contribution in [1.29, 1.82) is 0 Å². The monoisotopic (exact) mass is 438 g/mol. The standard InChI is InChI=1S/C24H18N6OS/c31-24(27-14-22-28-21(16-32-22)17-8-11-25-12-9-17)20-15-30(19-6-2-1-3-7-19)29-23(20)18-5-4-10-26-13-18/h1-13,15-16H,14H2,(H,27,31). The topological polar surface area (TPSA) is 85.6 Å². The highest BCUT2D eigenvalue weighted by molar-refractivity contribution is 7.09. The Labute approximate surface area is 188 Å². The molecule has 0 bridgehead atoms. The first kappa shape index (κ1) is 19.8. The van der Waals surface area contributed by atoms with Crippen LogP contribution < -0.4 is 5.32 Å². The number of rotatable bonds is 6. The Bertz CT molecular complexity index is 1330. The van der Waals surface area contributed by atoms with Gasteiger partial charge in [-0.1, -0.05) is 18.2 Å². The van der Waals surface area contributed by atoms with Gasteiger partial charge in [-0.15, -0.1) is 11.3 Å². The molecule has 0 aliphatic heterocycles. The van der Waals surface area contributed by atoms with Crippen molar-refractivity contribution in [3.63, 3.8) is 0 Å². The summed E-state index contributed by atoms with van der Waals surface area (Å²) >= 11 is 1.51. The maximum atomic E-state index is 13.1. The van der Waals surface area contributed by atoms with E-state index in [2.05, 4.69) is 25.4 Å². The van der Waals surface area contributed by atoms with Crippen molar-refractivity contribution in [2.24, 2.45) is 0 Å². The van der Waals surface area contributed by atoms with Gasteiger partial charge in [0, 0.05) is 47.5 Å². The number of carbonyl (C=O) groups excluding carboxylic acids is 1. The third-order valence-corrected chi connectivity index (χ3v) is 5.69. The van der Waals surface area contributed by atoms with Crippen LogP contribution in [0.2, 0.25) is 0 Å². The first-order valence-electron chi connectivity index (χ1n) is 9.96. The lowest BCUT2D eigenvalue weighted by atomic mass is 10.1. The minimum atomic E-state index is -0.216. The van der Waals surface area contributed by atoms with Crippen LogP contribution in [0.15, 0.2) is 91.0 Å². The van der Waals surface area contributed by atoms with E-state index in [1.54, 1.807) is 35.7 Å². The van der Waals surface area contributed by atoms with Crippen LogP contribution in [0.5, 0.6) is 0 Å². The summed E-state index contributed by atoms with van der Waals surface area (Å²) in [6.45, 7) is 0.331. The van der Waals surface area contributed by atoms with Crippen LogP contribution in [-0.2, 0) is 6.54 Å². The molecule has 0 aliphatic carbocycles. The third kappa shape index (κ3) is 4.17. The van der Waals surface area contributed by atoms with E-state index >= 15 is 0 Å². The molecule has 7 nitrogen and oxygen atoms in total. The lowest BCUT2D eigenvalue weighted by molar-refractivity contribution is 0.0951. The van der Waals surface area contributed by atoms with E-state index in [1.807, 2.05) is 60.0 Å². The quantitative estimate of drug-likeness (QED) is 0.425. The number of nitrogens with zero attached hydrogens (tertiary/aromatic N) is 5. The largest absolute Gasteiger partial charge is 0.345 e. The summed E-state index contributed by atoms with van der Waals surface area (Å²) in [7, 11) is 0. The third-order valence-electron chi connectivity index (χ3n) is 4.84. The van der Waals surface area contributed by atoms with Crippen molar-refractivity contribution >= 4 is 17.2 Å². The van der Waals surface area contributed by atoms with Crippen LogP contribution in [-0.4, -0.2) is 30.6 Å². The van der Waals surface area contributed by atoms with Gasteiger partial charge in [-0.3, -0.25) is 14.8 Å². The number of nitrogens with one attached hydrogen (secondary N) is 1. The molecule has 8 heteroatoms. The minimum Gasteiger partial charge on any atom is -0.345 e. The summed E-state index contributed by atoms with van der Waals surface area (Å²) in [5.74, 6) is -0.216. The molecule has 0 saturated heterocycles. The van der Waals surface area contributed by atoms with E-state index in [-0.39, 0.29) is 5.91 Å². The molecule has 0 aliphatic rings. The van der Waals surface area contributed by atoms with Crippen LogP contribution >= 0.6 is 11.3 Å². The van der Waals surface area contributed by atoms with Crippen molar-refractivity contribution in [2.45, 2.75) is 6.54 Å². The van der Waals surface area contributed by atoms with Crippen molar-refractivity contribution in [1.82, 2.24) is 30.0 Å². The number of hydrogen-bond acceptors (Lipinski definition) is 6. The zero-order valence-corrected chi connectivity index (χ0v) is 17.7. The average molecular weight is 439 g/mol. The van der Waals surface area contributed by atoms with E-state index in [0.29, 0.717) is 17.8 Å². The van der Waals surface area contributed by atoms with E-state index in [1.165, 1.54) is 11.3 Å². The fourth-order valence-electron chi connectivity index (χ4n) is 3.27. The van der Waals surface area contributed by atoms with Gasteiger partial charge in [0.15, 0.2) is 0 Å². The van der Waals surface area contributed by atoms with Crippen LogP contribution in [0.3, 0.4) is 0 Å². The molecule has 0 spiro atoms. The Kier molecular flexibility index (Phi) is 5.50. The molecular weight excluding hydrogens is 420 g/mol. The Balaban J connectivity index is 1.39. The van der Waals surface area contributed by atoms with E-state index in [4.69, 9.17) is 0 Å². The van der Waals surface area contributed by atoms with Gasteiger partial charge < -0.3 is 5.32 Å². The van der Waals surface area contributed by atoms with Crippen molar-refractivity contribution in [3.05, 3.63) is 102 Å². The van der Waals surface area contributed by atoms with Gasteiger partial charge in [0.2, 0.25) is 0 Å². The van der Waals surface area contributed by atoms with Crippen LogP contribution in [0.4, 0.5) is 0 Å². The molecule has 1 N–H and O–H groups in total. The van der Waals surface area contributed by atoms with Crippen molar-refractivity contribution in [3.8, 4) is 28.2 Å². The van der Waals surface area contributed by atoms with Gasteiger partial charge in [0.05, 0.1) is 23.5 Å². The van der Waals surface area contributed by atoms with Crippen molar-refractivity contribution < 1.29 is 4.79 Å². The Morgan fingerprint density at radius 1 is 0.938 bits per heavy atom. The number of thiazole rings is 1. The molecule has 5 aromatic rings. The van der Waals surface area contributed by atoms with Gasteiger partial charge in [-0.25, -0.2) is 9.67 Å². The molecule has 0 fully saturated rings. The van der Waals surface area contributed by atoms with Gasteiger partial charge in [0.1, 0.15) is 10.7 Å². The van der Waals surface area contributed by atoms with Gasteiger partial charge >= 0.3 is 0 Å². The lowest BCUT2D eigenvalue weighted by Crippen LogP contribution is -2.23. The molecule has 32 heavy (non-hydrogen) atoms. The number of amides is 1. The second-order valence-corrected chi connectivity index (χ2v) is 7.90. The first-order valence-corrected chi connectivity index (χ1v) is 10.8. The number of aromatic nitrogens is 5. The van der Waals surface area contributed by atoms with E-state index in [0.717, 1.165) is 27.5 Å². The second-order valence-electron chi connectivity index (χ2n) is 6.96. The number of benzene rings is 1. The summed E-state index contributed by atoms with van der Waals surface area (Å²) in [6, 6.07) is 17.2. The highest BCUT2D eigenvalue weighted by atomic mass is 32.1. The summed E-state index contributed by atoms with van der Waals surface area (Å²) < 4.78 is 1.71. The molecule has 4 heterocycles. The van der Waals surface area contributed by atoms with Crippen LogP contribution in [0, 0.1) is 0 Å². The highest BCUT2D eigenvalue weighted by Gasteiger charge is 2.19. The fraction of sp³-hybridized carbons (Fsp3) is 0.0417. The molecule has 0 saturated carbocycles. The highest BCUT2D eigenvalue weighted by Crippen LogP contribution is 2.24. The van der Waals surface area contributed by atoms with Crippen molar-refractivity contribution in [2.75, 3.05) is 0 Å².